The molecular formula is C14H19ClF3N. The third kappa shape index (κ3) is 6.19. The Morgan fingerprint density at radius 2 is 1.63 bits per heavy atom. The van der Waals surface area contributed by atoms with Crippen LogP contribution in [-0.4, -0.2) is 11.9 Å². The number of hydrogen-bond donors (Lipinski definition) is 1. The molecule has 108 valence electrons. The minimum absolute atomic E-state index is 0.0534. The van der Waals surface area contributed by atoms with Crippen molar-refractivity contribution in [2.45, 2.75) is 38.7 Å². The molecule has 0 amide bonds. The van der Waals surface area contributed by atoms with Crippen LogP contribution in [-0.2, 0) is 6.18 Å². The van der Waals surface area contributed by atoms with Crippen LogP contribution in [0.15, 0.2) is 24.3 Å². The average Bonchev–Trinajstić information content (AvgIpc) is 2.23. The maximum atomic E-state index is 12.4. The van der Waals surface area contributed by atoms with Crippen molar-refractivity contribution >= 4 is 17.3 Å². The first-order valence-electron chi connectivity index (χ1n) is 6.13. The van der Waals surface area contributed by atoms with E-state index in [4.69, 9.17) is 11.6 Å². The van der Waals surface area contributed by atoms with Gasteiger partial charge in [-0.2, -0.15) is 13.2 Å². The molecule has 0 saturated carbocycles. The van der Waals surface area contributed by atoms with E-state index >= 15 is 0 Å². The van der Waals surface area contributed by atoms with Crippen molar-refractivity contribution < 1.29 is 13.2 Å². The van der Waals surface area contributed by atoms with Gasteiger partial charge in [-0.1, -0.05) is 20.8 Å². The zero-order chi connectivity index (χ0) is 14.7. The van der Waals surface area contributed by atoms with Crippen LogP contribution in [0.25, 0.3) is 0 Å². The minimum Gasteiger partial charge on any atom is -0.384 e. The van der Waals surface area contributed by atoms with Crippen LogP contribution in [0.5, 0.6) is 0 Å². The molecule has 0 saturated heterocycles. The largest absolute Gasteiger partial charge is 0.416 e. The number of hydrogen-bond acceptors (Lipinski definition) is 1. The molecule has 1 aromatic carbocycles. The van der Waals surface area contributed by atoms with Gasteiger partial charge in [-0.25, -0.2) is 0 Å². The van der Waals surface area contributed by atoms with Gasteiger partial charge in [-0.05, 0) is 36.1 Å². The van der Waals surface area contributed by atoms with E-state index in [9.17, 15) is 13.2 Å². The highest BCUT2D eigenvalue weighted by Crippen LogP contribution is 2.30. The van der Waals surface area contributed by atoms with Crippen LogP contribution < -0.4 is 5.32 Å². The van der Waals surface area contributed by atoms with Gasteiger partial charge < -0.3 is 5.32 Å². The monoisotopic (exact) mass is 293 g/mol. The van der Waals surface area contributed by atoms with Gasteiger partial charge in [0.15, 0.2) is 0 Å². The third-order valence-electron chi connectivity index (χ3n) is 2.57. The Morgan fingerprint density at radius 1 is 1.11 bits per heavy atom. The van der Waals surface area contributed by atoms with Gasteiger partial charge in [-0.15, -0.1) is 11.6 Å². The summed E-state index contributed by atoms with van der Waals surface area (Å²) >= 11 is 6.18. The predicted octanol–water partition coefficient (Wildman–Crippen LogP) is 5.16. The van der Waals surface area contributed by atoms with Crippen LogP contribution in [0.3, 0.4) is 0 Å². The van der Waals surface area contributed by atoms with Crippen molar-refractivity contribution in [1.29, 1.82) is 0 Å². The Morgan fingerprint density at radius 3 is 2.05 bits per heavy atom. The Labute approximate surface area is 117 Å². The Hall–Kier alpha value is -0.900. The summed E-state index contributed by atoms with van der Waals surface area (Å²) in [4.78, 5) is 0. The lowest BCUT2D eigenvalue weighted by Gasteiger charge is -2.22. The third-order valence-corrected chi connectivity index (χ3v) is 2.88. The Bertz CT molecular complexity index is 393. The zero-order valence-electron chi connectivity index (χ0n) is 11.3. The molecule has 5 heteroatoms. The molecule has 0 heterocycles. The van der Waals surface area contributed by atoms with Crippen molar-refractivity contribution in [2.75, 3.05) is 11.9 Å². The lowest BCUT2D eigenvalue weighted by Crippen LogP contribution is -2.20. The lowest BCUT2D eigenvalue weighted by atomic mass is 9.90. The molecule has 0 aliphatic heterocycles. The number of halogens is 4. The lowest BCUT2D eigenvalue weighted by molar-refractivity contribution is -0.137. The first-order valence-corrected chi connectivity index (χ1v) is 6.57. The summed E-state index contributed by atoms with van der Waals surface area (Å²) in [6, 6.07) is 4.97. The normalized spacial score (nSPS) is 14.3. The highest BCUT2D eigenvalue weighted by molar-refractivity contribution is 6.20. The van der Waals surface area contributed by atoms with E-state index in [2.05, 4.69) is 26.1 Å². The smallest absolute Gasteiger partial charge is 0.384 e. The van der Waals surface area contributed by atoms with E-state index in [1.54, 1.807) is 0 Å². The van der Waals surface area contributed by atoms with Crippen LogP contribution in [0.1, 0.15) is 32.8 Å². The summed E-state index contributed by atoms with van der Waals surface area (Å²) in [6.45, 7) is 6.83. The molecule has 1 N–H and O–H groups in total. The van der Waals surface area contributed by atoms with E-state index in [-0.39, 0.29) is 10.8 Å². The highest BCUT2D eigenvalue weighted by atomic mass is 35.5. The molecule has 0 bridgehead atoms. The second-order valence-corrected chi connectivity index (χ2v) is 6.44. The van der Waals surface area contributed by atoms with E-state index in [0.717, 1.165) is 18.6 Å². The molecular weight excluding hydrogens is 275 g/mol. The average molecular weight is 294 g/mol. The van der Waals surface area contributed by atoms with Crippen LogP contribution in [0.4, 0.5) is 18.9 Å². The van der Waals surface area contributed by atoms with Crippen LogP contribution in [0, 0.1) is 5.41 Å². The molecule has 1 atom stereocenters. The van der Waals surface area contributed by atoms with Gasteiger partial charge in [0.2, 0.25) is 0 Å². The Balaban J connectivity index is 2.51. The van der Waals surface area contributed by atoms with E-state index < -0.39 is 11.7 Å². The summed E-state index contributed by atoms with van der Waals surface area (Å²) in [6.07, 6.45) is -3.46. The number of rotatable bonds is 4. The van der Waals surface area contributed by atoms with Gasteiger partial charge in [0, 0.05) is 12.2 Å². The van der Waals surface area contributed by atoms with Crippen LogP contribution in [0.2, 0.25) is 0 Å². The number of benzene rings is 1. The fraction of sp³-hybridized carbons (Fsp3) is 0.571. The van der Waals surface area contributed by atoms with Crippen molar-refractivity contribution in [3.8, 4) is 0 Å². The van der Waals surface area contributed by atoms with Crippen molar-refractivity contribution in [3.05, 3.63) is 29.8 Å². The highest BCUT2D eigenvalue weighted by Gasteiger charge is 2.29. The van der Waals surface area contributed by atoms with E-state index in [0.29, 0.717) is 12.2 Å². The molecule has 1 aromatic rings. The van der Waals surface area contributed by atoms with Gasteiger partial charge in [-0.3, -0.25) is 0 Å². The molecule has 1 nitrogen and oxygen atoms in total. The zero-order valence-corrected chi connectivity index (χ0v) is 12.1. The summed E-state index contributed by atoms with van der Waals surface area (Å²) in [5.41, 5.74) is 0.136. The first-order chi connectivity index (χ1) is 8.58. The Kier molecular flexibility index (Phi) is 5.13. The van der Waals surface area contributed by atoms with Crippen molar-refractivity contribution in [3.63, 3.8) is 0 Å². The summed E-state index contributed by atoms with van der Waals surface area (Å²) < 4.78 is 37.1. The van der Waals surface area contributed by atoms with E-state index in [1.165, 1.54) is 12.1 Å². The van der Waals surface area contributed by atoms with Crippen molar-refractivity contribution in [2.24, 2.45) is 5.41 Å². The van der Waals surface area contributed by atoms with Crippen LogP contribution >= 0.6 is 11.6 Å². The molecule has 0 radical (unpaired) electrons. The second-order valence-electron chi connectivity index (χ2n) is 5.82. The maximum absolute atomic E-state index is 12.4. The van der Waals surface area contributed by atoms with E-state index in [1.807, 2.05) is 0 Å². The quantitative estimate of drug-likeness (QED) is 0.756. The molecule has 1 rings (SSSR count). The van der Waals surface area contributed by atoms with Gasteiger partial charge in [0.05, 0.1) is 10.9 Å². The fourth-order valence-corrected chi connectivity index (χ4v) is 2.28. The molecule has 0 aliphatic rings. The summed E-state index contributed by atoms with van der Waals surface area (Å²) in [5.74, 6) is 0. The van der Waals surface area contributed by atoms with Crippen molar-refractivity contribution in [1.82, 2.24) is 0 Å². The SMILES string of the molecule is CC(C)(C)CC(Cl)CNc1ccc(C(F)(F)F)cc1. The molecule has 1 unspecified atom stereocenters. The number of alkyl halides is 4. The molecule has 0 aromatic heterocycles. The fourth-order valence-electron chi connectivity index (χ4n) is 1.74. The number of nitrogens with one attached hydrogen (secondary N) is 1. The van der Waals surface area contributed by atoms with Gasteiger partial charge >= 0.3 is 6.18 Å². The predicted molar refractivity (Wildman–Crippen MR) is 73.6 cm³/mol. The van der Waals surface area contributed by atoms with Gasteiger partial charge in [0.1, 0.15) is 0 Å². The number of anilines is 1. The molecule has 19 heavy (non-hydrogen) atoms. The van der Waals surface area contributed by atoms with Gasteiger partial charge in [0.25, 0.3) is 0 Å². The summed E-state index contributed by atoms with van der Waals surface area (Å²) in [5, 5.41) is 2.99. The molecule has 0 fully saturated rings. The topological polar surface area (TPSA) is 12.0 Å². The standard InChI is InChI=1S/C14H19ClF3N/c1-13(2,3)8-11(15)9-19-12-6-4-10(5-7-12)14(16,17)18/h4-7,11,19H,8-9H2,1-3H3. The summed E-state index contributed by atoms with van der Waals surface area (Å²) in [7, 11) is 0. The second kappa shape index (κ2) is 6.04. The first kappa shape index (κ1) is 16.2. The molecule has 0 spiro atoms. The maximum Gasteiger partial charge on any atom is 0.416 e. The molecule has 0 aliphatic carbocycles. The minimum atomic E-state index is -4.29.